The Bertz CT molecular complexity index is 291. The Kier molecular flexibility index (Phi) is 3.94. The molecule has 1 saturated heterocycles. The second kappa shape index (κ2) is 4.88. The lowest BCUT2D eigenvalue weighted by Gasteiger charge is -2.12. The second-order valence-corrected chi connectivity index (χ2v) is 3.03. The molecule has 98 valence electrons. The van der Waals surface area contributed by atoms with E-state index in [1.54, 1.807) is 0 Å². The zero-order valence-corrected chi connectivity index (χ0v) is 8.82. The van der Waals surface area contributed by atoms with Crippen molar-refractivity contribution < 1.29 is 41.7 Å². The molecule has 0 bridgehead atoms. The highest BCUT2D eigenvalue weighted by Gasteiger charge is 2.56. The lowest BCUT2D eigenvalue weighted by Crippen LogP contribution is -2.38. The highest BCUT2D eigenvalue weighted by molar-refractivity contribution is 5.86. The molecule has 0 amide bonds. The van der Waals surface area contributed by atoms with E-state index in [1.165, 1.54) is 0 Å². The Morgan fingerprint density at radius 2 is 1.35 bits per heavy atom. The maximum Gasteiger partial charge on any atom is 0.440 e. The average molecular weight is 258 g/mol. The molecule has 0 aromatic heterocycles. The first-order chi connectivity index (χ1) is 7.81. The molecule has 1 rings (SSSR count). The number of hydrogen-bond acceptors (Lipinski definition) is 6. The van der Waals surface area contributed by atoms with Crippen molar-refractivity contribution in [2.75, 3.05) is 14.2 Å². The predicted molar refractivity (Wildman–Crippen MR) is 43.6 cm³/mol. The standard InChI is InChI=1S/C8H9F3O6/c1-14-5(12)3-4(6(13)15-2)17-7(16-3)8(9,10)11/h3-4,7H,1-2H3. The van der Waals surface area contributed by atoms with Gasteiger partial charge in [-0.2, -0.15) is 13.2 Å². The lowest BCUT2D eigenvalue weighted by molar-refractivity contribution is -0.279. The van der Waals surface area contributed by atoms with Crippen LogP contribution in [0.4, 0.5) is 13.2 Å². The van der Waals surface area contributed by atoms with Gasteiger partial charge in [-0.25, -0.2) is 9.59 Å². The molecule has 0 radical (unpaired) electrons. The molecule has 0 aliphatic carbocycles. The summed E-state index contributed by atoms with van der Waals surface area (Å²) in [5.74, 6) is -2.29. The normalized spacial score (nSPS) is 28.9. The SMILES string of the molecule is COC(=O)C1OC(C(F)(F)F)OC1C(=O)OC. The Morgan fingerprint density at radius 1 is 1.00 bits per heavy atom. The topological polar surface area (TPSA) is 71.1 Å². The maximum absolute atomic E-state index is 12.3. The van der Waals surface area contributed by atoms with Gasteiger partial charge < -0.3 is 18.9 Å². The van der Waals surface area contributed by atoms with Crippen LogP contribution in [0.1, 0.15) is 0 Å². The number of carbonyl (C=O) groups is 2. The van der Waals surface area contributed by atoms with Crippen LogP contribution in [0.3, 0.4) is 0 Å². The zero-order valence-electron chi connectivity index (χ0n) is 8.82. The van der Waals surface area contributed by atoms with Crippen LogP contribution in [0.25, 0.3) is 0 Å². The number of halogens is 3. The van der Waals surface area contributed by atoms with E-state index in [2.05, 4.69) is 18.9 Å². The van der Waals surface area contributed by atoms with E-state index in [0.717, 1.165) is 14.2 Å². The predicted octanol–water partition coefficient (Wildman–Crippen LogP) is 0.00480. The summed E-state index contributed by atoms with van der Waals surface area (Å²) in [6.45, 7) is 0. The molecule has 0 N–H and O–H groups in total. The summed E-state index contributed by atoms with van der Waals surface area (Å²) in [5.41, 5.74) is 0. The van der Waals surface area contributed by atoms with Gasteiger partial charge in [0.1, 0.15) is 0 Å². The molecule has 0 aromatic carbocycles. The number of methoxy groups -OCH3 is 2. The molecule has 1 aliphatic heterocycles. The molecule has 6 nitrogen and oxygen atoms in total. The van der Waals surface area contributed by atoms with Gasteiger partial charge in [-0.1, -0.05) is 0 Å². The van der Waals surface area contributed by atoms with Crippen LogP contribution in [0, 0.1) is 0 Å². The summed E-state index contributed by atoms with van der Waals surface area (Å²) < 4.78 is 53.8. The van der Waals surface area contributed by atoms with Crippen LogP contribution >= 0.6 is 0 Å². The number of esters is 2. The number of ether oxygens (including phenoxy) is 4. The highest BCUT2D eigenvalue weighted by Crippen LogP contribution is 2.32. The molecule has 0 spiro atoms. The fourth-order valence-corrected chi connectivity index (χ4v) is 1.19. The first-order valence-corrected chi connectivity index (χ1v) is 4.34. The summed E-state index contributed by atoms with van der Waals surface area (Å²) in [5, 5.41) is 0. The monoisotopic (exact) mass is 258 g/mol. The van der Waals surface area contributed by atoms with Crippen molar-refractivity contribution in [1.29, 1.82) is 0 Å². The molecule has 1 fully saturated rings. The fraction of sp³-hybridized carbons (Fsp3) is 0.750. The van der Waals surface area contributed by atoms with Gasteiger partial charge in [-0.05, 0) is 0 Å². The molecule has 2 atom stereocenters. The fourth-order valence-electron chi connectivity index (χ4n) is 1.19. The molecule has 0 saturated carbocycles. The second-order valence-electron chi connectivity index (χ2n) is 3.03. The smallest absolute Gasteiger partial charge is 0.440 e. The van der Waals surface area contributed by atoms with Gasteiger partial charge >= 0.3 is 18.1 Å². The summed E-state index contributed by atoms with van der Waals surface area (Å²) >= 11 is 0. The van der Waals surface area contributed by atoms with E-state index in [9.17, 15) is 22.8 Å². The molecule has 1 aliphatic rings. The van der Waals surface area contributed by atoms with Gasteiger partial charge in [0, 0.05) is 0 Å². The van der Waals surface area contributed by atoms with Gasteiger partial charge in [0.05, 0.1) is 14.2 Å². The number of alkyl halides is 3. The van der Waals surface area contributed by atoms with Crippen LogP contribution in [-0.2, 0) is 28.5 Å². The largest absolute Gasteiger partial charge is 0.467 e. The van der Waals surface area contributed by atoms with Gasteiger partial charge in [0.25, 0.3) is 6.29 Å². The van der Waals surface area contributed by atoms with Gasteiger partial charge in [-0.15, -0.1) is 0 Å². The highest BCUT2D eigenvalue weighted by atomic mass is 19.4. The summed E-state index contributed by atoms with van der Waals surface area (Å²) in [4.78, 5) is 22.2. The van der Waals surface area contributed by atoms with Crippen LogP contribution in [0.2, 0.25) is 0 Å². The maximum atomic E-state index is 12.3. The van der Waals surface area contributed by atoms with Crippen molar-refractivity contribution in [3.05, 3.63) is 0 Å². The number of hydrogen-bond donors (Lipinski definition) is 0. The van der Waals surface area contributed by atoms with Crippen LogP contribution in [0.5, 0.6) is 0 Å². The molecular weight excluding hydrogens is 249 g/mol. The van der Waals surface area contributed by atoms with Gasteiger partial charge in [0.15, 0.2) is 12.2 Å². The minimum Gasteiger partial charge on any atom is -0.467 e. The van der Waals surface area contributed by atoms with Gasteiger partial charge in [0.2, 0.25) is 0 Å². The van der Waals surface area contributed by atoms with Crippen LogP contribution in [-0.4, -0.2) is 50.8 Å². The minimum absolute atomic E-state index is 0.945. The quantitative estimate of drug-likeness (QED) is 0.649. The van der Waals surface area contributed by atoms with Crippen molar-refractivity contribution in [2.24, 2.45) is 0 Å². The Balaban J connectivity index is 2.87. The molecule has 2 unspecified atom stereocenters. The zero-order chi connectivity index (χ0) is 13.2. The third kappa shape index (κ3) is 2.86. The lowest BCUT2D eigenvalue weighted by atomic mass is 10.2. The van der Waals surface area contributed by atoms with Gasteiger partial charge in [-0.3, -0.25) is 0 Å². The van der Waals surface area contributed by atoms with Crippen LogP contribution < -0.4 is 0 Å². The molecule has 1 heterocycles. The Hall–Kier alpha value is -1.35. The number of carbonyl (C=O) groups excluding carboxylic acids is 2. The van der Waals surface area contributed by atoms with E-state index < -0.39 is 36.6 Å². The Labute approximate surface area is 93.6 Å². The van der Waals surface area contributed by atoms with E-state index in [1.807, 2.05) is 0 Å². The number of rotatable bonds is 2. The van der Waals surface area contributed by atoms with E-state index in [0.29, 0.717) is 0 Å². The van der Waals surface area contributed by atoms with Crippen molar-refractivity contribution >= 4 is 11.9 Å². The van der Waals surface area contributed by atoms with Crippen molar-refractivity contribution in [3.63, 3.8) is 0 Å². The summed E-state index contributed by atoms with van der Waals surface area (Å²) in [6.07, 6.45) is -11.1. The summed E-state index contributed by atoms with van der Waals surface area (Å²) in [6, 6.07) is 0. The third-order valence-corrected chi connectivity index (χ3v) is 1.95. The molecule has 9 heteroatoms. The molecule has 0 aromatic rings. The van der Waals surface area contributed by atoms with Crippen LogP contribution in [0.15, 0.2) is 0 Å². The first-order valence-electron chi connectivity index (χ1n) is 4.34. The minimum atomic E-state index is -4.85. The van der Waals surface area contributed by atoms with Crippen molar-refractivity contribution in [1.82, 2.24) is 0 Å². The van der Waals surface area contributed by atoms with E-state index in [4.69, 9.17) is 0 Å². The summed E-state index contributed by atoms with van der Waals surface area (Å²) in [7, 11) is 1.89. The van der Waals surface area contributed by atoms with Crippen molar-refractivity contribution in [3.8, 4) is 0 Å². The van der Waals surface area contributed by atoms with E-state index >= 15 is 0 Å². The average Bonchev–Trinajstić information content (AvgIpc) is 2.71. The van der Waals surface area contributed by atoms with Crippen molar-refractivity contribution in [2.45, 2.75) is 24.7 Å². The third-order valence-electron chi connectivity index (χ3n) is 1.95. The molecular formula is C8H9F3O6. The first kappa shape index (κ1) is 13.7. The Morgan fingerprint density at radius 3 is 1.59 bits per heavy atom. The molecule has 17 heavy (non-hydrogen) atoms. The van der Waals surface area contributed by atoms with E-state index in [-0.39, 0.29) is 0 Å².